The highest BCUT2D eigenvalue weighted by molar-refractivity contribution is 6.05. The molecule has 11 heteroatoms. The van der Waals surface area contributed by atoms with Gasteiger partial charge >= 0.3 is 0 Å². The standard InChI is InChI=1S/C38H40F4N6O/c1-5-23-29-25(19(2)20(3)30(23)40)13-22(43)14-26(29)33-32(42)34-27(17-44-33)36(48-12-7-6-9-24-31(41)35(24)48)46-28(45-34)16-37(4,49)38-10-8-11-47(38)18-21(39)15-38/h1,13-14,17,21,24,31,35,49H,6-12,15-16,18,43H2,2-4H3/t21?,24?,31-,35?,37?,38-/m0/s1. The fourth-order valence-corrected chi connectivity index (χ4v) is 9.30. The molecule has 3 N–H and O–H groups in total. The topological polar surface area (TPSA) is 91.4 Å². The average Bonchev–Trinajstić information content (AvgIpc) is 3.42. The summed E-state index contributed by atoms with van der Waals surface area (Å²) in [7, 11) is 0. The number of aryl methyl sites for hydroxylation is 1. The van der Waals surface area contributed by atoms with Gasteiger partial charge < -0.3 is 15.7 Å². The lowest BCUT2D eigenvalue weighted by Crippen LogP contribution is -2.58. The molecule has 4 fully saturated rings. The van der Waals surface area contributed by atoms with E-state index in [1.165, 1.54) is 12.3 Å². The highest BCUT2D eigenvalue weighted by Crippen LogP contribution is 2.50. The Labute approximate surface area is 282 Å². The Morgan fingerprint density at radius 2 is 1.88 bits per heavy atom. The zero-order valence-electron chi connectivity index (χ0n) is 28.0. The van der Waals surface area contributed by atoms with Crippen molar-refractivity contribution in [1.82, 2.24) is 19.9 Å². The van der Waals surface area contributed by atoms with E-state index in [1.54, 1.807) is 26.8 Å². The summed E-state index contributed by atoms with van der Waals surface area (Å²) in [5, 5.41) is 13.3. The van der Waals surface area contributed by atoms with Crippen LogP contribution in [0.15, 0.2) is 18.3 Å². The number of aliphatic hydroxyl groups is 1. The molecule has 4 unspecified atom stereocenters. The smallest absolute Gasteiger partial charge is 0.175 e. The Hall–Kier alpha value is -4.01. The molecule has 0 amide bonds. The van der Waals surface area contributed by atoms with Gasteiger partial charge in [-0.15, -0.1) is 6.42 Å². The average molecular weight is 673 g/mol. The van der Waals surface area contributed by atoms with Gasteiger partial charge in [0.1, 0.15) is 41.0 Å². The largest absolute Gasteiger partial charge is 0.399 e. The molecule has 2 aromatic heterocycles. The van der Waals surface area contributed by atoms with Gasteiger partial charge in [0.2, 0.25) is 0 Å². The van der Waals surface area contributed by atoms with Gasteiger partial charge in [-0.3, -0.25) is 9.88 Å². The van der Waals surface area contributed by atoms with E-state index in [2.05, 4.69) is 10.9 Å². The van der Waals surface area contributed by atoms with E-state index >= 15 is 13.2 Å². The fraction of sp³-hybridized carbons (Fsp3) is 0.500. The second-order valence-electron chi connectivity index (χ2n) is 14.8. The number of benzene rings is 2. The number of nitrogens with zero attached hydrogens (tertiary/aromatic N) is 5. The first kappa shape index (κ1) is 32.2. The Kier molecular flexibility index (Phi) is 7.40. The first-order valence-electron chi connectivity index (χ1n) is 17.2. The number of hydrogen-bond donors (Lipinski definition) is 2. The van der Waals surface area contributed by atoms with Crippen LogP contribution in [0.25, 0.3) is 32.9 Å². The minimum absolute atomic E-state index is 0.0176. The highest BCUT2D eigenvalue weighted by atomic mass is 19.1. The first-order valence-corrected chi connectivity index (χ1v) is 17.2. The van der Waals surface area contributed by atoms with Crippen molar-refractivity contribution in [2.24, 2.45) is 5.92 Å². The van der Waals surface area contributed by atoms with Crippen LogP contribution in [-0.4, -0.2) is 74.1 Å². The van der Waals surface area contributed by atoms with E-state index in [0.717, 1.165) is 25.7 Å². The van der Waals surface area contributed by atoms with Gasteiger partial charge in [-0.05, 0) is 81.6 Å². The predicted molar refractivity (Wildman–Crippen MR) is 183 cm³/mol. The molecular formula is C38H40F4N6O. The zero-order valence-corrected chi connectivity index (χ0v) is 28.0. The molecule has 4 aromatic rings. The number of nitrogen functional groups attached to an aromatic ring is 1. The Balaban J connectivity index is 1.34. The summed E-state index contributed by atoms with van der Waals surface area (Å²) in [4.78, 5) is 18.1. The SMILES string of the molecule is C#Cc1c(F)c(C)c(C)c2cc(N)cc(-c3ncc4c(N5CCCCC6C5[C@H]6F)nc(CC(C)(O)[C@@]56CCCN5CC(F)C6)nc4c3F)c12. The van der Waals surface area contributed by atoms with Gasteiger partial charge in [-0.2, -0.15) is 0 Å². The van der Waals surface area contributed by atoms with Crippen LogP contribution in [-0.2, 0) is 6.42 Å². The molecule has 6 atom stereocenters. The summed E-state index contributed by atoms with van der Waals surface area (Å²) in [6.45, 7) is 6.55. The minimum Gasteiger partial charge on any atom is -0.399 e. The van der Waals surface area contributed by atoms with Gasteiger partial charge in [-0.1, -0.05) is 12.3 Å². The Morgan fingerprint density at radius 3 is 2.65 bits per heavy atom. The number of rotatable bonds is 5. The number of pyridine rings is 1. The number of alkyl halides is 2. The van der Waals surface area contributed by atoms with Crippen LogP contribution in [0.3, 0.4) is 0 Å². The number of hydrogen-bond acceptors (Lipinski definition) is 7. The van der Waals surface area contributed by atoms with Crippen molar-refractivity contribution >= 4 is 33.2 Å². The predicted octanol–water partition coefficient (Wildman–Crippen LogP) is 6.50. The number of terminal acetylenes is 1. The summed E-state index contributed by atoms with van der Waals surface area (Å²) in [5.41, 5.74) is 5.43. The van der Waals surface area contributed by atoms with Gasteiger partial charge in [0.05, 0.1) is 28.1 Å². The molecule has 3 saturated heterocycles. The minimum atomic E-state index is -1.44. The second-order valence-corrected chi connectivity index (χ2v) is 14.8. The van der Waals surface area contributed by atoms with Crippen LogP contribution in [0.4, 0.5) is 29.1 Å². The van der Waals surface area contributed by atoms with Gasteiger partial charge in [-0.25, -0.2) is 27.5 Å². The van der Waals surface area contributed by atoms with Crippen molar-refractivity contribution in [2.75, 3.05) is 30.3 Å². The van der Waals surface area contributed by atoms with Crippen LogP contribution in [0, 0.1) is 43.7 Å². The quantitative estimate of drug-likeness (QED) is 0.142. The highest BCUT2D eigenvalue weighted by Gasteiger charge is 2.59. The lowest BCUT2D eigenvalue weighted by molar-refractivity contribution is -0.0705. The second kappa shape index (κ2) is 11.3. The Bertz CT molecular complexity index is 2080. The normalized spacial score (nSPS) is 27.9. The van der Waals surface area contributed by atoms with Gasteiger partial charge in [0.15, 0.2) is 5.82 Å². The van der Waals surface area contributed by atoms with E-state index in [-0.39, 0.29) is 53.5 Å². The lowest BCUT2D eigenvalue weighted by atomic mass is 9.75. The summed E-state index contributed by atoms with van der Waals surface area (Å²) >= 11 is 0. The van der Waals surface area contributed by atoms with E-state index in [0.29, 0.717) is 58.3 Å². The molecule has 1 saturated carbocycles. The van der Waals surface area contributed by atoms with Crippen molar-refractivity contribution in [1.29, 1.82) is 0 Å². The monoisotopic (exact) mass is 672 g/mol. The van der Waals surface area contributed by atoms with Crippen molar-refractivity contribution in [3.63, 3.8) is 0 Å². The molecule has 0 bridgehead atoms. The van der Waals surface area contributed by atoms with E-state index in [9.17, 15) is 9.50 Å². The van der Waals surface area contributed by atoms with Crippen molar-refractivity contribution in [3.8, 4) is 23.6 Å². The van der Waals surface area contributed by atoms with E-state index in [1.807, 2.05) is 9.80 Å². The summed E-state index contributed by atoms with van der Waals surface area (Å²) in [6.07, 6.45) is 9.25. The molecule has 0 spiro atoms. The Morgan fingerprint density at radius 1 is 1.08 bits per heavy atom. The van der Waals surface area contributed by atoms with Gasteiger partial charge in [0.25, 0.3) is 0 Å². The van der Waals surface area contributed by atoms with E-state index in [4.69, 9.17) is 22.1 Å². The number of aromatic nitrogens is 3. The van der Waals surface area contributed by atoms with Crippen LogP contribution in [0.5, 0.6) is 0 Å². The maximum Gasteiger partial charge on any atom is 0.175 e. The molecule has 49 heavy (non-hydrogen) atoms. The number of anilines is 2. The maximum atomic E-state index is 17.2. The lowest BCUT2D eigenvalue weighted by Gasteiger charge is -2.44. The molecule has 8 rings (SSSR count). The molecule has 256 valence electrons. The van der Waals surface area contributed by atoms with Crippen LogP contribution in [0.2, 0.25) is 0 Å². The molecule has 1 aliphatic carbocycles. The van der Waals surface area contributed by atoms with Crippen LogP contribution >= 0.6 is 0 Å². The number of halogens is 4. The van der Waals surface area contributed by atoms with Gasteiger partial charge in [0, 0.05) is 54.7 Å². The summed E-state index contributed by atoms with van der Waals surface area (Å²) < 4.78 is 62.7. The molecule has 5 heterocycles. The third-order valence-electron chi connectivity index (χ3n) is 12.0. The van der Waals surface area contributed by atoms with Crippen LogP contribution in [0.1, 0.15) is 68.0 Å². The summed E-state index contributed by atoms with van der Waals surface area (Å²) in [5.74, 6) is 1.49. The molecule has 4 aliphatic rings. The third kappa shape index (κ3) is 4.73. The molecule has 3 aliphatic heterocycles. The maximum absolute atomic E-state index is 17.2. The van der Waals surface area contributed by atoms with Crippen molar-refractivity contribution in [2.45, 2.75) is 95.2 Å². The molecule has 2 aromatic carbocycles. The zero-order chi connectivity index (χ0) is 34.6. The molecule has 7 nitrogen and oxygen atoms in total. The van der Waals surface area contributed by atoms with Crippen molar-refractivity contribution in [3.05, 3.63) is 52.5 Å². The van der Waals surface area contributed by atoms with Crippen LogP contribution < -0.4 is 10.6 Å². The molecular weight excluding hydrogens is 632 g/mol. The van der Waals surface area contributed by atoms with Crippen molar-refractivity contribution < 1.29 is 22.7 Å². The first-order chi connectivity index (χ1) is 23.4. The van der Waals surface area contributed by atoms with E-state index < -0.39 is 41.2 Å². The molecule has 0 radical (unpaired) electrons. The fourth-order valence-electron chi connectivity index (χ4n) is 9.30. The summed E-state index contributed by atoms with van der Waals surface area (Å²) in [6, 6.07) is 2.82. The number of fused-ring (bicyclic) bond motifs is 4. The number of nitrogens with two attached hydrogens (primary N) is 1. The third-order valence-corrected chi connectivity index (χ3v) is 12.0.